The first-order valence-electron chi connectivity index (χ1n) is 8.46. The van der Waals surface area contributed by atoms with Crippen molar-refractivity contribution in [3.8, 4) is 11.8 Å². The van der Waals surface area contributed by atoms with E-state index in [1.807, 2.05) is 48.5 Å². The minimum Gasteiger partial charge on any atom is -0.492 e. The molecule has 1 heterocycles. The lowest BCUT2D eigenvalue weighted by Crippen LogP contribution is -2.25. The molecular weight excluding hydrogens is 332 g/mol. The molecule has 1 amide bonds. The summed E-state index contributed by atoms with van der Waals surface area (Å²) in [4.78, 5) is 13.7. The third-order valence-corrected chi connectivity index (χ3v) is 3.90. The fourth-order valence-corrected chi connectivity index (χ4v) is 2.66. The molecule has 1 saturated heterocycles. The highest BCUT2D eigenvalue weighted by Gasteiger charge is 2.32. The Hall–Kier alpha value is -3.04. The highest BCUT2D eigenvalue weighted by Crippen LogP contribution is 2.26. The van der Waals surface area contributed by atoms with Crippen molar-refractivity contribution in [3.05, 3.63) is 60.2 Å². The van der Waals surface area contributed by atoms with Crippen molar-refractivity contribution < 1.29 is 19.0 Å². The quantitative estimate of drug-likeness (QED) is 0.680. The minimum absolute atomic E-state index is 0.311. The van der Waals surface area contributed by atoms with Crippen LogP contribution in [0.5, 0.6) is 5.75 Å². The van der Waals surface area contributed by atoms with Crippen molar-refractivity contribution >= 4 is 11.8 Å². The number of anilines is 1. The average Bonchev–Trinajstić information content (AvgIpc) is 3.04. The number of nitriles is 1. The highest BCUT2D eigenvalue weighted by molar-refractivity contribution is 5.89. The number of amides is 1. The number of hydrogen-bond donors (Lipinski definition) is 0. The summed E-state index contributed by atoms with van der Waals surface area (Å²) in [6.07, 6.45) is -0.390. The molecule has 1 aliphatic heterocycles. The molecule has 26 heavy (non-hydrogen) atoms. The number of carbonyl (C=O) groups excluding carboxylic acids is 1. The van der Waals surface area contributed by atoms with Crippen LogP contribution in [0.15, 0.2) is 54.6 Å². The molecule has 0 bridgehead atoms. The standard InChI is InChI=1S/C20H20N2O4/c21-10-5-11-25-18-9-4-8-17(12-18)22-13-19(26-20(22)23)15-24-14-16-6-2-1-3-7-16/h1-4,6-9,12,19H,5,11,13-15H2. The normalized spacial score (nSPS) is 16.2. The van der Waals surface area contributed by atoms with E-state index in [4.69, 9.17) is 19.5 Å². The summed E-state index contributed by atoms with van der Waals surface area (Å²) in [5.41, 5.74) is 1.78. The number of cyclic esters (lactones) is 1. The maximum absolute atomic E-state index is 12.2. The van der Waals surface area contributed by atoms with E-state index in [1.165, 1.54) is 0 Å². The van der Waals surface area contributed by atoms with Crippen LogP contribution < -0.4 is 9.64 Å². The van der Waals surface area contributed by atoms with Gasteiger partial charge in [0.2, 0.25) is 0 Å². The van der Waals surface area contributed by atoms with Crippen LogP contribution in [0.25, 0.3) is 0 Å². The van der Waals surface area contributed by atoms with Gasteiger partial charge in [-0.25, -0.2) is 4.79 Å². The third kappa shape index (κ3) is 4.74. The Morgan fingerprint density at radius 3 is 2.85 bits per heavy atom. The van der Waals surface area contributed by atoms with Gasteiger partial charge in [-0.3, -0.25) is 4.90 Å². The van der Waals surface area contributed by atoms with Gasteiger partial charge in [-0.2, -0.15) is 5.26 Å². The van der Waals surface area contributed by atoms with Crippen LogP contribution in [0.2, 0.25) is 0 Å². The molecule has 134 valence electrons. The van der Waals surface area contributed by atoms with Crippen LogP contribution in [-0.4, -0.2) is 32.0 Å². The zero-order valence-corrected chi connectivity index (χ0v) is 14.3. The number of ether oxygens (including phenoxy) is 3. The van der Waals surface area contributed by atoms with Crippen molar-refractivity contribution in [3.63, 3.8) is 0 Å². The van der Waals surface area contributed by atoms with Crippen LogP contribution in [0.1, 0.15) is 12.0 Å². The molecular formula is C20H20N2O4. The SMILES string of the molecule is N#CCCOc1cccc(N2CC(COCc3ccccc3)OC2=O)c1. The van der Waals surface area contributed by atoms with E-state index in [0.29, 0.717) is 44.2 Å². The average molecular weight is 352 g/mol. The summed E-state index contributed by atoms with van der Waals surface area (Å²) in [5, 5.41) is 8.57. The van der Waals surface area contributed by atoms with Crippen molar-refractivity contribution in [2.75, 3.05) is 24.7 Å². The van der Waals surface area contributed by atoms with Crippen LogP contribution in [0.4, 0.5) is 10.5 Å². The molecule has 3 rings (SSSR count). The van der Waals surface area contributed by atoms with Gasteiger partial charge < -0.3 is 14.2 Å². The van der Waals surface area contributed by atoms with E-state index in [0.717, 1.165) is 5.56 Å². The molecule has 6 heteroatoms. The van der Waals surface area contributed by atoms with Gasteiger partial charge in [0.1, 0.15) is 18.5 Å². The Balaban J connectivity index is 1.52. The maximum Gasteiger partial charge on any atom is 0.414 e. The largest absolute Gasteiger partial charge is 0.492 e. The van der Waals surface area contributed by atoms with E-state index >= 15 is 0 Å². The summed E-state index contributed by atoms with van der Waals surface area (Å²) in [5.74, 6) is 0.620. The van der Waals surface area contributed by atoms with Gasteiger partial charge in [-0.1, -0.05) is 36.4 Å². The number of carbonyl (C=O) groups is 1. The predicted molar refractivity (Wildman–Crippen MR) is 95.9 cm³/mol. The lowest BCUT2D eigenvalue weighted by atomic mass is 10.2. The van der Waals surface area contributed by atoms with Gasteiger partial charge in [0.05, 0.1) is 37.9 Å². The van der Waals surface area contributed by atoms with Gasteiger partial charge in [-0.05, 0) is 17.7 Å². The second-order valence-corrected chi connectivity index (χ2v) is 5.87. The molecule has 1 atom stereocenters. The molecule has 0 N–H and O–H groups in total. The number of rotatable bonds is 8. The molecule has 0 aromatic heterocycles. The Morgan fingerprint density at radius 1 is 1.19 bits per heavy atom. The molecule has 2 aromatic carbocycles. The van der Waals surface area contributed by atoms with E-state index in [-0.39, 0.29) is 6.10 Å². The van der Waals surface area contributed by atoms with E-state index < -0.39 is 6.09 Å². The molecule has 2 aromatic rings. The highest BCUT2D eigenvalue weighted by atomic mass is 16.6. The maximum atomic E-state index is 12.2. The molecule has 6 nitrogen and oxygen atoms in total. The smallest absolute Gasteiger partial charge is 0.414 e. The van der Waals surface area contributed by atoms with Gasteiger partial charge in [0, 0.05) is 6.07 Å². The summed E-state index contributed by atoms with van der Waals surface area (Å²) in [6.45, 7) is 1.57. The second-order valence-electron chi connectivity index (χ2n) is 5.87. The van der Waals surface area contributed by atoms with E-state index in [9.17, 15) is 4.79 Å². The van der Waals surface area contributed by atoms with Gasteiger partial charge in [-0.15, -0.1) is 0 Å². The molecule has 1 unspecified atom stereocenters. The monoisotopic (exact) mass is 352 g/mol. The number of nitrogens with zero attached hydrogens (tertiary/aromatic N) is 2. The topological polar surface area (TPSA) is 71.8 Å². The van der Waals surface area contributed by atoms with Crippen molar-refractivity contribution in [1.29, 1.82) is 5.26 Å². The molecule has 0 spiro atoms. The van der Waals surface area contributed by atoms with Crippen LogP contribution in [-0.2, 0) is 16.1 Å². The molecule has 1 aliphatic rings. The first-order chi connectivity index (χ1) is 12.8. The number of hydrogen-bond acceptors (Lipinski definition) is 5. The fourth-order valence-electron chi connectivity index (χ4n) is 2.66. The van der Waals surface area contributed by atoms with Crippen LogP contribution >= 0.6 is 0 Å². The summed E-state index contributed by atoms with van der Waals surface area (Å²) < 4.78 is 16.5. The minimum atomic E-state index is -0.396. The molecule has 0 radical (unpaired) electrons. The molecule has 1 fully saturated rings. The first-order valence-corrected chi connectivity index (χ1v) is 8.46. The van der Waals surface area contributed by atoms with Crippen LogP contribution in [0.3, 0.4) is 0 Å². The number of benzene rings is 2. The predicted octanol–water partition coefficient (Wildman–Crippen LogP) is 3.52. The Morgan fingerprint density at radius 2 is 2.04 bits per heavy atom. The molecule has 0 saturated carbocycles. The summed E-state index contributed by atoms with van der Waals surface area (Å²) >= 11 is 0. The van der Waals surface area contributed by atoms with Crippen molar-refractivity contribution in [2.24, 2.45) is 0 Å². The lowest BCUT2D eigenvalue weighted by Gasteiger charge is -2.14. The first kappa shape index (κ1) is 17.8. The molecule has 0 aliphatic carbocycles. The lowest BCUT2D eigenvalue weighted by molar-refractivity contribution is 0.0381. The summed E-state index contributed by atoms with van der Waals surface area (Å²) in [6, 6.07) is 19.1. The third-order valence-electron chi connectivity index (χ3n) is 3.90. The van der Waals surface area contributed by atoms with Crippen LogP contribution in [0, 0.1) is 11.3 Å². The Kier molecular flexibility index (Phi) is 6.07. The van der Waals surface area contributed by atoms with E-state index in [2.05, 4.69) is 0 Å². The van der Waals surface area contributed by atoms with Gasteiger partial charge in [0.25, 0.3) is 0 Å². The zero-order chi connectivity index (χ0) is 18.2. The van der Waals surface area contributed by atoms with Crippen molar-refractivity contribution in [2.45, 2.75) is 19.1 Å². The van der Waals surface area contributed by atoms with E-state index in [1.54, 1.807) is 17.0 Å². The van der Waals surface area contributed by atoms with Gasteiger partial charge in [0.15, 0.2) is 0 Å². The van der Waals surface area contributed by atoms with Gasteiger partial charge >= 0.3 is 6.09 Å². The Labute approximate surface area is 152 Å². The van der Waals surface area contributed by atoms with Crippen molar-refractivity contribution in [1.82, 2.24) is 0 Å². The summed E-state index contributed by atoms with van der Waals surface area (Å²) in [7, 11) is 0. The Bertz CT molecular complexity index is 773. The zero-order valence-electron chi connectivity index (χ0n) is 14.3. The second kappa shape index (κ2) is 8.88. The fraction of sp³-hybridized carbons (Fsp3) is 0.300.